The maximum absolute atomic E-state index is 12.4. The van der Waals surface area contributed by atoms with Crippen molar-refractivity contribution in [1.82, 2.24) is 14.9 Å². The van der Waals surface area contributed by atoms with E-state index in [1.54, 1.807) is 11.1 Å². The molecule has 140 valence electrons. The highest BCUT2D eigenvalue weighted by molar-refractivity contribution is 5.83. The molecule has 1 aromatic heterocycles. The van der Waals surface area contributed by atoms with E-state index in [9.17, 15) is 4.79 Å². The first kappa shape index (κ1) is 17.7. The lowest BCUT2D eigenvalue weighted by Crippen LogP contribution is -2.49. The lowest BCUT2D eigenvalue weighted by Gasteiger charge is -2.34. The van der Waals surface area contributed by atoms with Gasteiger partial charge in [-0.15, -0.1) is 0 Å². The molecular formula is C21H19N5O2. The molecule has 7 nitrogen and oxygen atoms in total. The molecule has 0 spiro atoms. The zero-order valence-electron chi connectivity index (χ0n) is 15.3. The molecule has 0 atom stereocenters. The first-order valence-corrected chi connectivity index (χ1v) is 9.10. The number of hydrogen-bond donors (Lipinski definition) is 0. The Morgan fingerprint density at radius 1 is 1.04 bits per heavy atom. The van der Waals surface area contributed by atoms with Gasteiger partial charge in [-0.3, -0.25) is 0 Å². The fraction of sp³-hybridized carbons (Fsp3) is 0.238. The molecule has 7 heteroatoms. The number of nitrogens with zero attached hydrogens (tertiary/aromatic N) is 5. The van der Waals surface area contributed by atoms with Gasteiger partial charge < -0.3 is 14.5 Å². The number of amides is 1. The van der Waals surface area contributed by atoms with Gasteiger partial charge in [0.1, 0.15) is 12.7 Å². The lowest BCUT2D eigenvalue weighted by atomic mass is 10.1. The average molecular weight is 373 g/mol. The van der Waals surface area contributed by atoms with E-state index in [2.05, 4.69) is 22.1 Å². The summed E-state index contributed by atoms with van der Waals surface area (Å²) in [5.74, 6) is 0.564. The lowest BCUT2D eigenvalue weighted by molar-refractivity contribution is 0.0941. The normalized spacial score (nSPS) is 14.0. The number of piperazine rings is 1. The molecular weight excluding hydrogens is 354 g/mol. The van der Waals surface area contributed by atoms with Crippen molar-refractivity contribution in [2.24, 2.45) is 0 Å². The minimum Gasteiger partial charge on any atom is -0.445 e. The van der Waals surface area contributed by atoms with Gasteiger partial charge in [0.15, 0.2) is 11.5 Å². The number of hydrogen-bond acceptors (Lipinski definition) is 6. The maximum atomic E-state index is 12.4. The van der Waals surface area contributed by atoms with Crippen LogP contribution in [-0.2, 0) is 11.3 Å². The van der Waals surface area contributed by atoms with Crippen LogP contribution >= 0.6 is 0 Å². The van der Waals surface area contributed by atoms with Crippen molar-refractivity contribution in [3.8, 4) is 6.07 Å². The highest BCUT2D eigenvalue weighted by Gasteiger charge is 2.24. The number of rotatable bonds is 3. The summed E-state index contributed by atoms with van der Waals surface area (Å²) in [6, 6.07) is 16.2. The summed E-state index contributed by atoms with van der Waals surface area (Å²) in [6.45, 7) is 2.43. The molecule has 2 heterocycles. The van der Waals surface area contributed by atoms with Crippen LogP contribution in [0.1, 0.15) is 11.3 Å². The van der Waals surface area contributed by atoms with E-state index in [0.717, 1.165) is 16.3 Å². The van der Waals surface area contributed by atoms with Crippen LogP contribution in [0.2, 0.25) is 0 Å². The molecule has 0 radical (unpaired) electrons. The van der Waals surface area contributed by atoms with Crippen LogP contribution < -0.4 is 4.90 Å². The molecule has 1 aliphatic heterocycles. The number of benzene rings is 2. The third kappa shape index (κ3) is 3.71. The van der Waals surface area contributed by atoms with E-state index in [4.69, 9.17) is 10.00 Å². The quantitative estimate of drug-likeness (QED) is 0.702. The standard InChI is InChI=1S/C21H19N5O2/c22-14-19-20(24-8-7-23-19)25-9-11-26(12-10-25)21(27)28-15-16-5-6-17-3-1-2-4-18(17)13-16/h1-8,13H,9-12,15H2. The average Bonchev–Trinajstić information content (AvgIpc) is 2.77. The molecule has 3 aromatic rings. The van der Waals surface area contributed by atoms with E-state index in [1.807, 2.05) is 41.3 Å². The molecule has 1 saturated heterocycles. The summed E-state index contributed by atoms with van der Waals surface area (Å²) in [7, 11) is 0. The monoisotopic (exact) mass is 373 g/mol. The van der Waals surface area contributed by atoms with E-state index < -0.39 is 0 Å². The summed E-state index contributed by atoms with van der Waals surface area (Å²) in [5, 5.41) is 11.5. The molecule has 0 aliphatic carbocycles. The third-order valence-electron chi connectivity index (χ3n) is 4.80. The smallest absolute Gasteiger partial charge is 0.410 e. The topological polar surface area (TPSA) is 82.4 Å². The van der Waals surface area contributed by atoms with Gasteiger partial charge in [0.05, 0.1) is 0 Å². The second kappa shape index (κ2) is 7.92. The van der Waals surface area contributed by atoms with E-state index >= 15 is 0 Å². The van der Waals surface area contributed by atoms with Crippen LogP contribution in [0.15, 0.2) is 54.9 Å². The molecule has 1 aliphatic rings. The number of fused-ring (bicyclic) bond motifs is 1. The Morgan fingerprint density at radius 3 is 2.57 bits per heavy atom. The number of aromatic nitrogens is 2. The highest BCUT2D eigenvalue weighted by Crippen LogP contribution is 2.18. The molecule has 2 aromatic carbocycles. The molecule has 0 N–H and O–H groups in total. The van der Waals surface area contributed by atoms with Crippen molar-refractivity contribution in [3.63, 3.8) is 0 Å². The van der Waals surface area contributed by atoms with Crippen LogP contribution in [0.3, 0.4) is 0 Å². The van der Waals surface area contributed by atoms with Crippen molar-refractivity contribution in [2.75, 3.05) is 31.1 Å². The molecule has 28 heavy (non-hydrogen) atoms. The van der Waals surface area contributed by atoms with Crippen molar-refractivity contribution >= 4 is 22.7 Å². The Kier molecular flexibility index (Phi) is 5.02. The minimum atomic E-state index is -0.326. The Bertz CT molecular complexity index is 1040. The number of carbonyl (C=O) groups excluding carboxylic acids is 1. The highest BCUT2D eigenvalue weighted by atomic mass is 16.6. The summed E-state index contributed by atoms with van der Waals surface area (Å²) in [4.78, 5) is 24.3. The van der Waals surface area contributed by atoms with Crippen LogP contribution in [0.25, 0.3) is 10.8 Å². The summed E-state index contributed by atoms with van der Waals surface area (Å²) >= 11 is 0. The first-order valence-electron chi connectivity index (χ1n) is 9.10. The number of nitriles is 1. The fourth-order valence-corrected chi connectivity index (χ4v) is 3.31. The van der Waals surface area contributed by atoms with Crippen LogP contribution in [-0.4, -0.2) is 47.1 Å². The zero-order chi connectivity index (χ0) is 19.3. The van der Waals surface area contributed by atoms with Gasteiger partial charge in [-0.1, -0.05) is 36.4 Å². The second-order valence-corrected chi connectivity index (χ2v) is 6.55. The van der Waals surface area contributed by atoms with Gasteiger partial charge >= 0.3 is 6.09 Å². The largest absolute Gasteiger partial charge is 0.445 e. The Balaban J connectivity index is 1.33. The summed E-state index contributed by atoms with van der Waals surface area (Å²) < 4.78 is 5.49. The minimum absolute atomic E-state index is 0.243. The maximum Gasteiger partial charge on any atom is 0.410 e. The Morgan fingerprint density at radius 2 is 1.79 bits per heavy atom. The third-order valence-corrected chi connectivity index (χ3v) is 4.80. The molecule has 4 rings (SSSR count). The van der Waals surface area contributed by atoms with Crippen molar-refractivity contribution in [2.45, 2.75) is 6.61 Å². The summed E-state index contributed by atoms with van der Waals surface area (Å²) in [5.41, 5.74) is 1.26. The number of carbonyl (C=O) groups is 1. The van der Waals surface area contributed by atoms with Gasteiger partial charge in [-0.05, 0) is 22.4 Å². The number of anilines is 1. The van der Waals surface area contributed by atoms with E-state index in [1.165, 1.54) is 6.20 Å². The first-order chi connectivity index (χ1) is 13.7. The van der Waals surface area contributed by atoms with Crippen LogP contribution in [0.5, 0.6) is 0 Å². The van der Waals surface area contributed by atoms with Crippen LogP contribution in [0, 0.1) is 11.3 Å². The van der Waals surface area contributed by atoms with Crippen molar-refractivity contribution in [1.29, 1.82) is 5.26 Å². The number of ether oxygens (including phenoxy) is 1. The fourth-order valence-electron chi connectivity index (χ4n) is 3.31. The molecule has 0 bridgehead atoms. The molecule has 1 amide bonds. The predicted molar refractivity (Wildman–Crippen MR) is 105 cm³/mol. The Hall–Kier alpha value is -3.66. The van der Waals surface area contributed by atoms with Gasteiger partial charge in [0, 0.05) is 38.6 Å². The van der Waals surface area contributed by atoms with Crippen LogP contribution in [0.4, 0.5) is 10.6 Å². The molecule has 0 unspecified atom stereocenters. The van der Waals surface area contributed by atoms with Gasteiger partial charge in [0.25, 0.3) is 0 Å². The van der Waals surface area contributed by atoms with Gasteiger partial charge in [-0.25, -0.2) is 14.8 Å². The van der Waals surface area contributed by atoms with Gasteiger partial charge in [0.2, 0.25) is 0 Å². The Labute approximate surface area is 162 Å². The van der Waals surface area contributed by atoms with Crippen molar-refractivity contribution < 1.29 is 9.53 Å². The second-order valence-electron chi connectivity index (χ2n) is 6.55. The molecule has 1 fully saturated rings. The molecule has 0 saturated carbocycles. The predicted octanol–water partition coefficient (Wildman–Crippen LogP) is 2.96. The SMILES string of the molecule is N#Cc1nccnc1N1CCN(C(=O)OCc2ccc3ccccc3c2)CC1. The zero-order valence-corrected chi connectivity index (χ0v) is 15.3. The van der Waals surface area contributed by atoms with Gasteiger partial charge in [-0.2, -0.15) is 5.26 Å². The van der Waals surface area contributed by atoms with Crippen molar-refractivity contribution in [3.05, 3.63) is 66.1 Å². The van der Waals surface area contributed by atoms with E-state index in [-0.39, 0.29) is 12.7 Å². The van der Waals surface area contributed by atoms with E-state index in [0.29, 0.717) is 37.7 Å². The summed E-state index contributed by atoms with van der Waals surface area (Å²) in [6.07, 6.45) is 2.75.